The number of nitrogens with zero attached hydrogens (tertiary/aromatic N) is 1. The topological polar surface area (TPSA) is 66.5 Å². The average Bonchev–Trinajstić information content (AvgIpc) is 2.77. The summed E-state index contributed by atoms with van der Waals surface area (Å²) in [5.41, 5.74) is -0.192. The number of carbonyl (C=O) groups is 1. The summed E-state index contributed by atoms with van der Waals surface area (Å²) >= 11 is 0. The van der Waals surface area contributed by atoms with Gasteiger partial charge in [0.25, 0.3) is 0 Å². The first-order chi connectivity index (χ1) is 15.0. The minimum atomic E-state index is -4.77. The summed E-state index contributed by atoms with van der Waals surface area (Å²) in [7, 11) is -4.32. The molecule has 1 N–H and O–H groups in total. The van der Waals surface area contributed by atoms with Crippen LogP contribution < -0.4 is 5.32 Å². The maximum absolute atomic E-state index is 13.3. The summed E-state index contributed by atoms with van der Waals surface area (Å²) in [4.78, 5) is 12.1. The molecule has 0 spiro atoms. The number of hydrogen-bond donors (Lipinski definition) is 1. The highest BCUT2D eigenvalue weighted by atomic mass is 32.2. The number of sulfonamides is 1. The van der Waals surface area contributed by atoms with Gasteiger partial charge in [0.1, 0.15) is 0 Å². The van der Waals surface area contributed by atoms with Gasteiger partial charge in [-0.15, -0.1) is 0 Å². The molecule has 0 aromatic heterocycles. The van der Waals surface area contributed by atoms with Crippen LogP contribution >= 0.6 is 0 Å². The van der Waals surface area contributed by atoms with Crippen molar-refractivity contribution in [1.29, 1.82) is 0 Å². The van der Waals surface area contributed by atoms with Crippen LogP contribution in [-0.4, -0.2) is 31.7 Å². The monoisotopic (exact) mass is 468 g/mol. The molecule has 5 nitrogen and oxygen atoms in total. The Labute approximate surface area is 186 Å². The predicted octanol–water partition coefficient (Wildman–Crippen LogP) is 4.62. The highest BCUT2D eigenvalue weighted by Gasteiger charge is 2.40. The maximum atomic E-state index is 13.3. The minimum absolute atomic E-state index is 0.00963. The zero-order valence-corrected chi connectivity index (χ0v) is 18.8. The second kappa shape index (κ2) is 9.62. The van der Waals surface area contributed by atoms with Gasteiger partial charge in [-0.1, -0.05) is 56.3 Å². The zero-order chi connectivity index (χ0) is 23.5. The standard InChI is InChI=1S/C23H27F3N2O3S/c1-16(2)21(17-8-4-3-5-9-17)27-22(29)18-12-14-28(15-13-18)32(30,31)20-11-7-6-10-19(20)23(24,25)26/h3-11,16,18,21H,12-15H2,1-2H3,(H,27,29). The molecule has 1 heterocycles. The highest BCUT2D eigenvalue weighted by molar-refractivity contribution is 7.89. The Morgan fingerprint density at radius 3 is 2.12 bits per heavy atom. The molecule has 1 atom stereocenters. The van der Waals surface area contributed by atoms with Crippen LogP contribution in [0.25, 0.3) is 0 Å². The van der Waals surface area contributed by atoms with Gasteiger partial charge in [-0.25, -0.2) is 8.42 Å². The van der Waals surface area contributed by atoms with Crippen molar-refractivity contribution in [2.45, 2.75) is 43.8 Å². The molecule has 1 aliphatic heterocycles. The smallest absolute Gasteiger partial charge is 0.349 e. The van der Waals surface area contributed by atoms with Gasteiger partial charge in [-0.3, -0.25) is 4.79 Å². The van der Waals surface area contributed by atoms with Gasteiger partial charge in [0.05, 0.1) is 16.5 Å². The van der Waals surface area contributed by atoms with E-state index < -0.39 is 32.6 Å². The number of benzene rings is 2. The number of halogens is 3. The summed E-state index contributed by atoms with van der Waals surface area (Å²) in [6, 6.07) is 13.6. The van der Waals surface area contributed by atoms with Crippen LogP contribution in [0.4, 0.5) is 13.2 Å². The molecule has 0 saturated carbocycles. The van der Waals surface area contributed by atoms with Crippen molar-refractivity contribution in [2.75, 3.05) is 13.1 Å². The summed E-state index contributed by atoms with van der Waals surface area (Å²) in [5.74, 6) is -0.412. The van der Waals surface area contributed by atoms with E-state index in [0.717, 1.165) is 28.1 Å². The predicted molar refractivity (Wildman–Crippen MR) is 115 cm³/mol. The number of alkyl halides is 3. The molecule has 32 heavy (non-hydrogen) atoms. The fourth-order valence-electron chi connectivity index (χ4n) is 3.99. The van der Waals surface area contributed by atoms with Crippen LogP contribution in [0, 0.1) is 11.8 Å². The van der Waals surface area contributed by atoms with E-state index in [9.17, 15) is 26.4 Å². The van der Waals surface area contributed by atoms with E-state index in [1.807, 2.05) is 44.2 Å². The number of nitrogens with one attached hydrogen (secondary N) is 1. The largest absolute Gasteiger partial charge is 0.417 e. The lowest BCUT2D eigenvalue weighted by molar-refractivity contribution is -0.139. The molecule has 0 bridgehead atoms. The fourth-order valence-corrected chi connectivity index (χ4v) is 5.67. The van der Waals surface area contributed by atoms with Gasteiger partial charge >= 0.3 is 6.18 Å². The van der Waals surface area contributed by atoms with Gasteiger partial charge in [-0.05, 0) is 36.5 Å². The summed E-state index contributed by atoms with van der Waals surface area (Å²) in [6.07, 6.45) is -4.27. The first kappa shape index (κ1) is 24.3. The third kappa shape index (κ3) is 5.32. The minimum Gasteiger partial charge on any atom is -0.349 e. The first-order valence-electron chi connectivity index (χ1n) is 10.5. The van der Waals surface area contributed by atoms with Crippen LogP contribution in [0.15, 0.2) is 59.5 Å². The van der Waals surface area contributed by atoms with E-state index in [2.05, 4.69) is 5.32 Å². The zero-order valence-electron chi connectivity index (χ0n) is 18.0. The molecule has 1 amide bonds. The fraction of sp³-hybridized carbons (Fsp3) is 0.435. The van der Waals surface area contributed by atoms with Gasteiger partial charge in [0.15, 0.2) is 0 Å². The molecule has 174 valence electrons. The van der Waals surface area contributed by atoms with E-state index in [0.29, 0.717) is 0 Å². The maximum Gasteiger partial charge on any atom is 0.417 e. The molecule has 1 aliphatic rings. The normalized spacial score (nSPS) is 17.3. The van der Waals surface area contributed by atoms with Crippen LogP contribution in [0.5, 0.6) is 0 Å². The lowest BCUT2D eigenvalue weighted by Crippen LogP contribution is -2.44. The number of rotatable bonds is 6. The van der Waals surface area contributed by atoms with Gasteiger partial charge in [0.2, 0.25) is 15.9 Å². The Hall–Kier alpha value is -2.39. The van der Waals surface area contributed by atoms with Crippen molar-refractivity contribution in [3.05, 3.63) is 65.7 Å². The van der Waals surface area contributed by atoms with E-state index in [4.69, 9.17) is 0 Å². The lowest BCUT2D eigenvalue weighted by Gasteiger charge is -2.32. The molecular formula is C23H27F3N2O3S. The third-order valence-electron chi connectivity index (χ3n) is 5.76. The van der Waals surface area contributed by atoms with E-state index in [1.54, 1.807) is 0 Å². The Morgan fingerprint density at radius 2 is 1.56 bits per heavy atom. The van der Waals surface area contributed by atoms with Gasteiger partial charge in [-0.2, -0.15) is 17.5 Å². The summed E-state index contributed by atoms with van der Waals surface area (Å²) in [6.45, 7) is 3.99. The molecule has 2 aromatic rings. The van der Waals surface area contributed by atoms with Gasteiger partial charge < -0.3 is 5.32 Å². The number of hydrogen-bond acceptors (Lipinski definition) is 3. The van der Waals surface area contributed by atoms with Crippen molar-refractivity contribution in [1.82, 2.24) is 9.62 Å². The number of amides is 1. The van der Waals surface area contributed by atoms with Crippen molar-refractivity contribution >= 4 is 15.9 Å². The van der Waals surface area contributed by atoms with Crippen LogP contribution in [0.1, 0.15) is 43.9 Å². The van der Waals surface area contributed by atoms with Crippen LogP contribution in [0.3, 0.4) is 0 Å². The van der Waals surface area contributed by atoms with Crippen molar-refractivity contribution in [3.63, 3.8) is 0 Å². The SMILES string of the molecule is CC(C)C(NC(=O)C1CCN(S(=O)(=O)c2ccccc2C(F)(F)F)CC1)c1ccccc1. The number of carbonyl (C=O) groups excluding carboxylic acids is 1. The third-order valence-corrected chi connectivity index (χ3v) is 7.71. The Morgan fingerprint density at radius 1 is 1.00 bits per heavy atom. The molecule has 1 unspecified atom stereocenters. The van der Waals surface area contributed by atoms with Crippen molar-refractivity contribution < 1.29 is 26.4 Å². The lowest BCUT2D eigenvalue weighted by atomic mass is 9.93. The summed E-state index contributed by atoms with van der Waals surface area (Å²) < 4.78 is 66.8. The molecule has 9 heteroatoms. The molecule has 1 saturated heterocycles. The molecule has 0 radical (unpaired) electrons. The Bertz CT molecular complexity index is 1030. The molecule has 3 rings (SSSR count). The van der Waals surface area contributed by atoms with Gasteiger partial charge in [0, 0.05) is 19.0 Å². The molecule has 1 fully saturated rings. The number of piperidine rings is 1. The Kier molecular flexibility index (Phi) is 7.29. The van der Waals surface area contributed by atoms with E-state index in [-0.39, 0.29) is 43.8 Å². The first-order valence-corrected chi connectivity index (χ1v) is 12.0. The highest BCUT2D eigenvalue weighted by Crippen LogP contribution is 2.36. The van der Waals surface area contributed by atoms with Crippen LogP contribution in [-0.2, 0) is 21.0 Å². The van der Waals surface area contributed by atoms with Crippen LogP contribution in [0.2, 0.25) is 0 Å². The molecule has 2 aromatic carbocycles. The second-order valence-electron chi connectivity index (χ2n) is 8.31. The van der Waals surface area contributed by atoms with Crippen molar-refractivity contribution in [3.8, 4) is 0 Å². The van der Waals surface area contributed by atoms with E-state index in [1.165, 1.54) is 6.07 Å². The molecule has 0 aliphatic carbocycles. The molecular weight excluding hydrogens is 441 g/mol. The van der Waals surface area contributed by atoms with E-state index >= 15 is 0 Å². The summed E-state index contributed by atoms with van der Waals surface area (Å²) in [5, 5.41) is 3.06. The second-order valence-corrected chi connectivity index (χ2v) is 10.2. The van der Waals surface area contributed by atoms with Crippen molar-refractivity contribution in [2.24, 2.45) is 11.8 Å². The quantitative estimate of drug-likeness (QED) is 0.673. The average molecular weight is 469 g/mol. The Balaban J connectivity index is 1.69.